The number of halogens is 1. The molecule has 3 heteroatoms. The maximum atomic E-state index is 5.44. The van der Waals surface area contributed by atoms with Gasteiger partial charge in [0.15, 0.2) is 12.2 Å². The molecule has 1 aromatic carbocycles. The van der Waals surface area contributed by atoms with Crippen molar-refractivity contribution in [3.63, 3.8) is 0 Å². The number of aryl methyl sites for hydroxylation is 1. The van der Waals surface area contributed by atoms with Gasteiger partial charge in [-0.3, -0.25) is 0 Å². The predicted molar refractivity (Wildman–Crippen MR) is 63.9 cm³/mol. The van der Waals surface area contributed by atoms with Gasteiger partial charge >= 0.3 is 0 Å². The van der Waals surface area contributed by atoms with Crippen LogP contribution >= 0.6 is 15.9 Å². The Balaban J connectivity index is 2.53. The molecule has 0 N–H and O–H groups in total. The van der Waals surface area contributed by atoms with Crippen molar-refractivity contribution in [3.8, 4) is 11.3 Å². The maximum absolute atomic E-state index is 5.44. The number of hydrogen-bond acceptors (Lipinski definition) is 2. The van der Waals surface area contributed by atoms with Crippen LogP contribution < -0.4 is 0 Å². The highest BCUT2D eigenvalue weighted by atomic mass is 79.9. The van der Waals surface area contributed by atoms with Crippen molar-refractivity contribution in [2.75, 3.05) is 0 Å². The van der Waals surface area contributed by atoms with E-state index in [1.165, 1.54) is 12.0 Å². The summed E-state index contributed by atoms with van der Waals surface area (Å²) in [5.74, 6) is 0.879. The zero-order chi connectivity index (χ0) is 10.7. The van der Waals surface area contributed by atoms with Crippen LogP contribution in [0.1, 0.15) is 18.2 Å². The third-order valence-electron chi connectivity index (χ3n) is 2.41. The van der Waals surface area contributed by atoms with Gasteiger partial charge in [-0.05, 0) is 12.0 Å². The van der Waals surface area contributed by atoms with Gasteiger partial charge in [0.25, 0.3) is 0 Å². The summed E-state index contributed by atoms with van der Waals surface area (Å²) in [4.78, 5) is 4.17. The lowest BCUT2D eigenvalue weighted by molar-refractivity contribution is 0.570. The molecule has 15 heavy (non-hydrogen) atoms. The first kappa shape index (κ1) is 10.4. The minimum atomic E-state index is 0.719. The van der Waals surface area contributed by atoms with E-state index in [0.717, 1.165) is 28.8 Å². The molecule has 1 aromatic heterocycles. The zero-order valence-electron chi connectivity index (χ0n) is 8.53. The van der Waals surface area contributed by atoms with Crippen LogP contribution in [0.25, 0.3) is 11.3 Å². The molecule has 0 spiro atoms. The minimum Gasteiger partial charge on any atom is -0.443 e. The van der Waals surface area contributed by atoms with E-state index in [2.05, 4.69) is 40.0 Å². The van der Waals surface area contributed by atoms with Gasteiger partial charge in [0.2, 0.25) is 0 Å². The summed E-state index contributed by atoms with van der Waals surface area (Å²) >= 11 is 3.41. The summed E-state index contributed by atoms with van der Waals surface area (Å²) in [6, 6.07) is 8.27. The largest absolute Gasteiger partial charge is 0.443 e. The van der Waals surface area contributed by atoms with E-state index in [0.29, 0.717) is 0 Å². The van der Waals surface area contributed by atoms with E-state index in [4.69, 9.17) is 4.42 Å². The minimum absolute atomic E-state index is 0.719. The van der Waals surface area contributed by atoms with E-state index < -0.39 is 0 Å². The Morgan fingerprint density at radius 3 is 2.87 bits per heavy atom. The number of alkyl halides is 1. The average Bonchev–Trinajstić information content (AvgIpc) is 2.76. The molecule has 0 radical (unpaired) electrons. The number of benzene rings is 1. The quantitative estimate of drug-likeness (QED) is 0.790. The van der Waals surface area contributed by atoms with Gasteiger partial charge in [-0.1, -0.05) is 47.1 Å². The molecule has 78 valence electrons. The van der Waals surface area contributed by atoms with Crippen molar-refractivity contribution < 1.29 is 4.42 Å². The van der Waals surface area contributed by atoms with Gasteiger partial charge in [0, 0.05) is 10.9 Å². The number of rotatable bonds is 3. The lowest BCUT2D eigenvalue weighted by Gasteiger charge is -2.04. The molecule has 2 rings (SSSR count). The molecule has 0 unspecified atom stereocenters. The Kier molecular flexibility index (Phi) is 3.21. The van der Waals surface area contributed by atoms with Crippen LogP contribution in [-0.4, -0.2) is 4.98 Å². The maximum Gasteiger partial charge on any atom is 0.181 e. The molecule has 0 saturated heterocycles. The van der Waals surface area contributed by atoms with Crippen LogP contribution in [0, 0.1) is 0 Å². The highest BCUT2D eigenvalue weighted by Gasteiger charge is 2.11. The van der Waals surface area contributed by atoms with Gasteiger partial charge in [-0.15, -0.1) is 0 Å². The third kappa shape index (κ3) is 1.97. The Hall–Kier alpha value is -1.09. The second kappa shape index (κ2) is 4.62. The lowest BCUT2D eigenvalue weighted by atomic mass is 10.0. The molecule has 0 fully saturated rings. The first-order valence-electron chi connectivity index (χ1n) is 4.93. The summed E-state index contributed by atoms with van der Waals surface area (Å²) in [6.07, 6.45) is 2.50. The second-order valence-electron chi connectivity index (χ2n) is 3.27. The third-order valence-corrected chi connectivity index (χ3v) is 2.94. The number of aromatic nitrogens is 1. The van der Waals surface area contributed by atoms with Gasteiger partial charge in [-0.2, -0.15) is 0 Å². The standard InChI is InChI=1S/C12H12BrNO/c1-2-9-5-3-4-6-10(9)12-11(7-13)14-8-15-12/h3-6,8H,2,7H2,1H3. The second-order valence-corrected chi connectivity index (χ2v) is 3.83. The molecule has 2 aromatic rings. The molecule has 0 bridgehead atoms. The van der Waals surface area contributed by atoms with Crippen molar-refractivity contribution in [2.24, 2.45) is 0 Å². The number of hydrogen-bond donors (Lipinski definition) is 0. The van der Waals surface area contributed by atoms with E-state index in [1.807, 2.05) is 12.1 Å². The van der Waals surface area contributed by atoms with E-state index in [1.54, 1.807) is 0 Å². The van der Waals surface area contributed by atoms with Crippen molar-refractivity contribution in [1.82, 2.24) is 4.98 Å². The Labute approximate surface area is 97.5 Å². The van der Waals surface area contributed by atoms with Crippen LogP contribution in [0.4, 0.5) is 0 Å². The molecule has 1 heterocycles. The normalized spacial score (nSPS) is 10.5. The van der Waals surface area contributed by atoms with E-state index >= 15 is 0 Å². The van der Waals surface area contributed by atoms with Gasteiger partial charge in [0.1, 0.15) is 0 Å². The summed E-state index contributed by atoms with van der Waals surface area (Å²) in [7, 11) is 0. The summed E-state index contributed by atoms with van der Waals surface area (Å²) in [5.41, 5.74) is 3.39. The highest BCUT2D eigenvalue weighted by molar-refractivity contribution is 9.08. The van der Waals surface area contributed by atoms with Gasteiger partial charge in [0.05, 0.1) is 5.69 Å². The zero-order valence-corrected chi connectivity index (χ0v) is 10.1. The predicted octanol–water partition coefficient (Wildman–Crippen LogP) is 3.80. The van der Waals surface area contributed by atoms with Crippen LogP contribution in [0.3, 0.4) is 0 Å². The first-order valence-corrected chi connectivity index (χ1v) is 6.05. The molecule has 0 saturated carbocycles. The van der Waals surface area contributed by atoms with Crippen LogP contribution in [0.15, 0.2) is 35.1 Å². The topological polar surface area (TPSA) is 26.0 Å². The molecule has 0 aliphatic rings. The molecule has 2 nitrogen and oxygen atoms in total. The number of nitrogens with zero attached hydrogens (tertiary/aromatic N) is 1. The van der Waals surface area contributed by atoms with Gasteiger partial charge < -0.3 is 4.42 Å². The summed E-state index contributed by atoms with van der Waals surface area (Å²) in [6.45, 7) is 2.14. The number of oxazole rings is 1. The van der Waals surface area contributed by atoms with Crippen molar-refractivity contribution in [2.45, 2.75) is 18.7 Å². The fourth-order valence-electron chi connectivity index (χ4n) is 1.63. The van der Waals surface area contributed by atoms with Crippen molar-refractivity contribution in [1.29, 1.82) is 0 Å². The first-order chi connectivity index (χ1) is 7.36. The molecule has 0 atom stereocenters. The van der Waals surface area contributed by atoms with Crippen molar-refractivity contribution in [3.05, 3.63) is 41.9 Å². The molecular formula is C12H12BrNO. The van der Waals surface area contributed by atoms with E-state index in [-0.39, 0.29) is 0 Å². The van der Waals surface area contributed by atoms with Crippen LogP contribution in [0.2, 0.25) is 0 Å². The van der Waals surface area contributed by atoms with Crippen molar-refractivity contribution >= 4 is 15.9 Å². The Bertz CT molecular complexity index is 450. The monoisotopic (exact) mass is 265 g/mol. The van der Waals surface area contributed by atoms with Gasteiger partial charge in [-0.25, -0.2) is 4.98 Å². The Morgan fingerprint density at radius 2 is 2.13 bits per heavy atom. The highest BCUT2D eigenvalue weighted by Crippen LogP contribution is 2.28. The summed E-state index contributed by atoms with van der Waals surface area (Å²) < 4.78 is 5.44. The Morgan fingerprint density at radius 1 is 1.33 bits per heavy atom. The average molecular weight is 266 g/mol. The lowest BCUT2D eigenvalue weighted by Crippen LogP contribution is -1.88. The van der Waals surface area contributed by atoms with Crippen LogP contribution in [-0.2, 0) is 11.8 Å². The smallest absolute Gasteiger partial charge is 0.181 e. The SMILES string of the molecule is CCc1ccccc1-c1ocnc1CBr. The summed E-state index contributed by atoms with van der Waals surface area (Å²) in [5, 5.41) is 0.719. The fourth-order valence-corrected chi connectivity index (χ4v) is 2.03. The molecular weight excluding hydrogens is 254 g/mol. The van der Waals surface area contributed by atoms with E-state index in [9.17, 15) is 0 Å². The molecule has 0 aliphatic heterocycles. The molecule has 0 amide bonds. The fraction of sp³-hybridized carbons (Fsp3) is 0.250. The molecule has 0 aliphatic carbocycles. The van der Waals surface area contributed by atoms with Crippen LogP contribution in [0.5, 0.6) is 0 Å².